The Morgan fingerprint density at radius 1 is 1.35 bits per heavy atom. The quantitative estimate of drug-likeness (QED) is 0.664. The van der Waals surface area contributed by atoms with Gasteiger partial charge < -0.3 is 25.5 Å². The van der Waals surface area contributed by atoms with Crippen LogP contribution < -0.4 is 10.2 Å². The summed E-state index contributed by atoms with van der Waals surface area (Å²) in [6, 6.07) is 6.34. The van der Waals surface area contributed by atoms with Gasteiger partial charge in [0.15, 0.2) is 0 Å². The lowest BCUT2D eigenvalue weighted by atomic mass is 10.1. The first-order chi connectivity index (χ1) is 12.5. The number of rotatable bonds is 4. The monoisotopic (exact) mass is 357 g/mol. The number of hydrogen-bond acceptors (Lipinski definition) is 6. The molecule has 1 saturated heterocycles. The summed E-state index contributed by atoms with van der Waals surface area (Å²) in [4.78, 5) is 18.8. The molecule has 2 aromatic rings. The molecule has 1 aromatic carbocycles. The number of amides is 1. The first-order valence-electron chi connectivity index (χ1n) is 8.63. The zero-order chi connectivity index (χ0) is 18.7. The highest BCUT2D eigenvalue weighted by molar-refractivity contribution is 5.95. The third-order valence-electron chi connectivity index (χ3n) is 4.62. The standard InChI is InChI=1S/C19H23N3O4/c1-12-16(24)8-14(9-17(12)25)19(26)21-10-13-4-2-6-20-18(13)22-7-3-5-15(23)11-22/h2,4,6,8-9,15,23-25H,3,5,7,10-11H2,1H3,(H,21,26). The number of piperidine rings is 1. The van der Waals surface area contributed by atoms with Crippen molar-refractivity contribution in [2.45, 2.75) is 32.4 Å². The summed E-state index contributed by atoms with van der Waals surface area (Å²) in [6.07, 6.45) is 3.01. The van der Waals surface area contributed by atoms with Gasteiger partial charge in [-0.1, -0.05) is 6.07 Å². The van der Waals surface area contributed by atoms with Gasteiger partial charge in [0.1, 0.15) is 17.3 Å². The highest BCUT2D eigenvalue weighted by Gasteiger charge is 2.21. The van der Waals surface area contributed by atoms with Gasteiger partial charge in [-0.2, -0.15) is 0 Å². The molecule has 1 unspecified atom stereocenters. The lowest BCUT2D eigenvalue weighted by molar-refractivity contribution is 0.0950. The third kappa shape index (κ3) is 3.88. The molecular weight excluding hydrogens is 334 g/mol. The minimum absolute atomic E-state index is 0.125. The fraction of sp³-hybridized carbons (Fsp3) is 0.368. The van der Waals surface area contributed by atoms with Crippen LogP contribution in [0.4, 0.5) is 5.82 Å². The number of β-amino-alcohol motifs (C(OH)–C–C–N with tert-alkyl or cyclic N) is 1. The van der Waals surface area contributed by atoms with E-state index >= 15 is 0 Å². The van der Waals surface area contributed by atoms with E-state index in [9.17, 15) is 20.1 Å². The lowest BCUT2D eigenvalue weighted by Gasteiger charge is -2.32. The molecule has 26 heavy (non-hydrogen) atoms. The fourth-order valence-electron chi connectivity index (χ4n) is 3.09. The summed E-state index contributed by atoms with van der Waals surface area (Å²) in [6.45, 7) is 3.16. The second-order valence-electron chi connectivity index (χ2n) is 6.55. The Balaban J connectivity index is 1.73. The molecule has 0 radical (unpaired) electrons. The van der Waals surface area contributed by atoms with Crippen molar-refractivity contribution >= 4 is 11.7 Å². The number of nitrogens with one attached hydrogen (secondary N) is 1. The van der Waals surface area contributed by atoms with Crippen LogP contribution in [0.25, 0.3) is 0 Å². The van der Waals surface area contributed by atoms with Gasteiger partial charge in [-0.05, 0) is 38.0 Å². The molecule has 1 fully saturated rings. The van der Waals surface area contributed by atoms with Gasteiger partial charge >= 0.3 is 0 Å². The van der Waals surface area contributed by atoms with E-state index in [0.717, 1.165) is 30.8 Å². The predicted octanol–water partition coefficient (Wildman–Crippen LogP) is 1.69. The van der Waals surface area contributed by atoms with Crippen LogP contribution in [-0.4, -0.2) is 45.4 Å². The molecule has 7 heteroatoms. The van der Waals surface area contributed by atoms with E-state index in [-0.39, 0.29) is 29.7 Å². The molecule has 1 amide bonds. The average Bonchev–Trinajstić information content (AvgIpc) is 2.64. The summed E-state index contributed by atoms with van der Waals surface area (Å²) < 4.78 is 0. The Bertz CT molecular complexity index is 786. The summed E-state index contributed by atoms with van der Waals surface area (Å²) >= 11 is 0. The zero-order valence-corrected chi connectivity index (χ0v) is 14.6. The van der Waals surface area contributed by atoms with Gasteiger partial charge in [-0.3, -0.25) is 4.79 Å². The maximum atomic E-state index is 12.4. The summed E-state index contributed by atoms with van der Waals surface area (Å²) in [7, 11) is 0. The Labute approximate surface area is 151 Å². The van der Waals surface area contributed by atoms with Gasteiger partial charge in [0.2, 0.25) is 0 Å². The number of benzene rings is 1. The first-order valence-corrected chi connectivity index (χ1v) is 8.63. The van der Waals surface area contributed by atoms with Crippen molar-refractivity contribution in [1.29, 1.82) is 0 Å². The molecule has 138 valence electrons. The van der Waals surface area contributed by atoms with Crippen molar-refractivity contribution < 1.29 is 20.1 Å². The fourth-order valence-corrected chi connectivity index (χ4v) is 3.09. The molecule has 7 nitrogen and oxygen atoms in total. The van der Waals surface area contributed by atoms with Crippen LogP contribution in [-0.2, 0) is 6.54 Å². The van der Waals surface area contributed by atoms with E-state index < -0.39 is 5.91 Å². The smallest absolute Gasteiger partial charge is 0.251 e. The molecule has 2 heterocycles. The zero-order valence-electron chi connectivity index (χ0n) is 14.6. The number of phenolic OH excluding ortho intramolecular Hbond substituents is 2. The SMILES string of the molecule is Cc1c(O)cc(C(=O)NCc2cccnc2N2CCCC(O)C2)cc1O. The van der Waals surface area contributed by atoms with Crippen LogP contribution in [0.3, 0.4) is 0 Å². The minimum atomic E-state index is -0.399. The maximum absolute atomic E-state index is 12.4. The molecule has 1 aliphatic rings. The van der Waals surface area contributed by atoms with Crippen LogP contribution in [0.2, 0.25) is 0 Å². The van der Waals surface area contributed by atoms with E-state index in [1.165, 1.54) is 12.1 Å². The molecule has 1 aliphatic heterocycles. The van der Waals surface area contributed by atoms with Crippen LogP contribution in [0.15, 0.2) is 30.5 Å². The van der Waals surface area contributed by atoms with Crippen molar-refractivity contribution in [3.05, 3.63) is 47.2 Å². The van der Waals surface area contributed by atoms with E-state index in [1.807, 2.05) is 11.0 Å². The highest BCUT2D eigenvalue weighted by atomic mass is 16.3. The largest absolute Gasteiger partial charge is 0.508 e. The van der Waals surface area contributed by atoms with Crippen LogP contribution in [0, 0.1) is 6.92 Å². The van der Waals surface area contributed by atoms with Crippen LogP contribution >= 0.6 is 0 Å². The normalized spacial score (nSPS) is 17.2. The van der Waals surface area contributed by atoms with Gasteiger partial charge in [0, 0.05) is 42.5 Å². The van der Waals surface area contributed by atoms with Crippen molar-refractivity contribution in [2.24, 2.45) is 0 Å². The number of carbonyl (C=O) groups is 1. The number of aromatic nitrogens is 1. The van der Waals surface area contributed by atoms with Gasteiger partial charge in [0.25, 0.3) is 5.91 Å². The molecule has 4 N–H and O–H groups in total. The molecule has 0 bridgehead atoms. The number of aliphatic hydroxyl groups is 1. The number of aliphatic hydroxyl groups excluding tert-OH is 1. The van der Waals surface area contributed by atoms with Crippen molar-refractivity contribution in [3.8, 4) is 11.5 Å². The molecule has 0 saturated carbocycles. The number of nitrogens with zero attached hydrogens (tertiary/aromatic N) is 2. The maximum Gasteiger partial charge on any atom is 0.251 e. The van der Waals surface area contributed by atoms with Gasteiger partial charge in [0.05, 0.1) is 6.10 Å². The molecular formula is C19H23N3O4. The summed E-state index contributed by atoms with van der Waals surface area (Å²) in [5, 5.41) is 32.2. The van der Waals surface area contributed by atoms with Crippen molar-refractivity contribution in [1.82, 2.24) is 10.3 Å². The molecule has 1 atom stereocenters. The lowest BCUT2D eigenvalue weighted by Crippen LogP contribution is -2.39. The Morgan fingerprint density at radius 3 is 2.77 bits per heavy atom. The number of anilines is 1. The molecule has 3 rings (SSSR count). The Hall–Kier alpha value is -2.80. The van der Waals surface area contributed by atoms with Gasteiger partial charge in [-0.25, -0.2) is 4.98 Å². The van der Waals surface area contributed by atoms with E-state index in [2.05, 4.69) is 10.3 Å². The third-order valence-corrected chi connectivity index (χ3v) is 4.62. The van der Waals surface area contributed by atoms with Crippen LogP contribution in [0.5, 0.6) is 11.5 Å². The van der Waals surface area contributed by atoms with Crippen molar-refractivity contribution in [3.63, 3.8) is 0 Å². The number of hydrogen-bond donors (Lipinski definition) is 4. The van der Waals surface area contributed by atoms with E-state index in [1.54, 1.807) is 19.2 Å². The molecule has 0 spiro atoms. The highest BCUT2D eigenvalue weighted by Crippen LogP contribution is 2.27. The second kappa shape index (κ2) is 7.61. The Kier molecular flexibility index (Phi) is 5.27. The number of carbonyl (C=O) groups excluding carboxylic acids is 1. The van der Waals surface area contributed by atoms with E-state index in [0.29, 0.717) is 12.1 Å². The number of pyridine rings is 1. The number of phenols is 2. The second-order valence-corrected chi connectivity index (χ2v) is 6.55. The summed E-state index contributed by atoms with van der Waals surface area (Å²) in [5.41, 5.74) is 1.36. The first kappa shape index (κ1) is 18.0. The van der Waals surface area contributed by atoms with Crippen molar-refractivity contribution in [2.75, 3.05) is 18.0 Å². The van der Waals surface area contributed by atoms with E-state index in [4.69, 9.17) is 0 Å². The molecule has 1 aromatic heterocycles. The van der Waals surface area contributed by atoms with Gasteiger partial charge in [-0.15, -0.1) is 0 Å². The Morgan fingerprint density at radius 2 is 2.08 bits per heavy atom. The predicted molar refractivity (Wildman–Crippen MR) is 97.4 cm³/mol. The average molecular weight is 357 g/mol. The molecule has 0 aliphatic carbocycles. The topological polar surface area (TPSA) is 106 Å². The number of aromatic hydroxyl groups is 2. The van der Waals surface area contributed by atoms with Crippen LogP contribution in [0.1, 0.15) is 34.3 Å². The minimum Gasteiger partial charge on any atom is -0.508 e. The summed E-state index contributed by atoms with van der Waals surface area (Å²) in [5.74, 6) is 0.101.